The summed E-state index contributed by atoms with van der Waals surface area (Å²) in [4.78, 5) is 0. The molecule has 0 aliphatic heterocycles. The minimum Gasteiger partial charge on any atom is -0.0776 e. The molecule has 0 aromatic heterocycles. The minimum atomic E-state index is 0. The Labute approximate surface area is 189 Å². The van der Waals surface area contributed by atoms with E-state index < -0.39 is 0 Å². The normalized spacial score (nSPS) is 19.3. The van der Waals surface area contributed by atoms with Crippen LogP contribution in [0.15, 0.2) is 0 Å². The van der Waals surface area contributed by atoms with Gasteiger partial charge in [-0.3, -0.25) is 0 Å². The zero-order valence-electron chi connectivity index (χ0n) is 19.4. The van der Waals surface area contributed by atoms with Gasteiger partial charge in [-0.1, -0.05) is 134 Å². The van der Waals surface area contributed by atoms with Gasteiger partial charge in [0.2, 0.25) is 0 Å². The molecule has 0 aromatic carbocycles. The van der Waals surface area contributed by atoms with Crippen LogP contribution in [0.25, 0.3) is 0 Å². The van der Waals surface area contributed by atoms with Gasteiger partial charge in [-0.25, -0.2) is 0 Å². The Morgan fingerprint density at radius 3 is 0.897 bits per heavy atom. The molecular formula is C29H64. The van der Waals surface area contributed by atoms with E-state index in [2.05, 4.69) is 41.5 Å². The highest BCUT2D eigenvalue weighted by molar-refractivity contribution is 4.73. The van der Waals surface area contributed by atoms with Crippen LogP contribution in [0.2, 0.25) is 0 Å². The van der Waals surface area contributed by atoms with Crippen molar-refractivity contribution < 1.29 is 0 Å². The molecule has 0 heterocycles. The van der Waals surface area contributed by atoms with Crippen molar-refractivity contribution in [3.8, 4) is 0 Å². The summed E-state index contributed by atoms with van der Waals surface area (Å²) in [6, 6.07) is 0. The molecule has 3 saturated carbocycles. The largest absolute Gasteiger partial charge is 0.0776 e. The van der Waals surface area contributed by atoms with E-state index in [0.717, 1.165) is 35.5 Å². The third-order valence-electron chi connectivity index (χ3n) is 6.31. The first kappa shape index (κ1) is 33.6. The fourth-order valence-corrected chi connectivity index (χ4v) is 5.02. The van der Waals surface area contributed by atoms with E-state index in [4.69, 9.17) is 0 Å². The SMILES string of the molecule is C.C.C.CC(C)CC1CC1.CC(C)CC1CCCC1.CC(C)CC1CCCCC1. The molecule has 29 heavy (non-hydrogen) atoms. The minimum absolute atomic E-state index is 0. The molecular weight excluding hydrogens is 348 g/mol. The molecule has 0 spiro atoms. The number of hydrogen-bond donors (Lipinski definition) is 0. The van der Waals surface area contributed by atoms with Crippen LogP contribution in [-0.2, 0) is 0 Å². The summed E-state index contributed by atoms with van der Waals surface area (Å²) < 4.78 is 0. The quantitative estimate of drug-likeness (QED) is 0.406. The first-order chi connectivity index (χ1) is 12.4. The smallest absolute Gasteiger partial charge is 0.0412 e. The Morgan fingerprint density at radius 2 is 0.655 bits per heavy atom. The number of rotatable bonds is 6. The maximum atomic E-state index is 2.34. The van der Waals surface area contributed by atoms with E-state index in [1.165, 1.54) is 89.9 Å². The Balaban J connectivity index is -0.000000337. The Bertz CT molecular complexity index is 298. The lowest BCUT2D eigenvalue weighted by molar-refractivity contribution is 0.305. The molecule has 0 bridgehead atoms. The van der Waals surface area contributed by atoms with Crippen LogP contribution in [0.5, 0.6) is 0 Å². The Morgan fingerprint density at radius 1 is 0.414 bits per heavy atom. The highest BCUT2D eigenvalue weighted by Crippen LogP contribution is 2.34. The van der Waals surface area contributed by atoms with E-state index in [1.807, 2.05) is 0 Å². The average Bonchev–Trinajstić information content (AvgIpc) is 3.21. The molecule has 0 unspecified atom stereocenters. The van der Waals surface area contributed by atoms with Gasteiger partial charge in [0.1, 0.15) is 0 Å². The van der Waals surface area contributed by atoms with Gasteiger partial charge in [0.15, 0.2) is 0 Å². The van der Waals surface area contributed by atoms with Crippen LogP contribution in [0.3, 0.4) is 0 Å². The predicted octanol–water partition coefficient (Wildman–Crippen LogP) is 11.2. The summed E-state index contributed by atoms with van der Waals surface area (Å²) in [7, 11) is 0. The second-order valence-corrected chi connectivity index (χ2v) is 11.0. The van der Waals surface area contributed by atoms with Gasteiger partial charge in [0.05, 0.1) is 0 Å². The first-order valence-electron chi connectivity index (χ1n) is 12.4. The molecule has 0 saturated heterocycles. The standard InChI is InChI=1S/C10H20.C9H18.C7H14.3CH4/c1-9(2)8-10-6-4-3-5-7-10;1-8(2)7-9-5-3-4-6-9;1-6(2)5-7-3-4-7;;;/h9-10H,3-8H2,1-2H3;8-9H,3-7H2,1-2H3;6-7H,3-5H2,1-2H3;3*1H4. The highest BCUT2D eigenvalue weighted by atomic mass is 14.3. The zero-order valence-corrected chi connectivity index (χ0v) is 19.4. The van der Waals surface area contributed by atoms with Crippen LogP contribution in [0.4, 0.5) is 0 Å². The lowest BCUT2D eigenvalue weighted by Gasteiger charge is -2.22. The first-order valence-corrected chi connectivity index (χ1v) is 12.4. The van der Waals surface area contributed by atoms with E-state index in [-0.39, 0.29) is 22.3 Å². The summed E-state index contributed by atoms with van der Waals surface area (Å²) in [6.07, 6.45) is 21.0. The van der Waals surface area contributed by atoms with Crippen molar-refractivity contribution >= 4 is 0 Å². The van der Waals surface area contributed by atoms with Crippen molar-refractivity contribution in [2.24, 2.45) is 35.5 Å². The summed E-state index contributed by atoms with van der Waals surface area (Å²) in [5.74, 6) is 6.07. The van der Waals surface area contributed by atoms with E-state index >= 15 is 0 Å². The molecule has 3 rings (SSSR count). The molecule has 3 aliphatic rings. The lowest BCUT2D eigenvalue weighted by atomic mass is 9.84. The van der Waals surface area contributed by atoms with Crippen molar-refractivity contribution in [2.75, 3.05) is 0 Å². The van der Waals surface area contributed by atoms with Crippen LogP contribution >= 0.6 is 0 Å². The molecule has 0 nitrogen and oxygen atoms in total. The molecule has 0 heteroatoms. The summed E-state index contributed by atoms with van der Waals surface area (Å²) >= 11 is 0. The third-order valence-corrected chi connectivity index (χ3v) is 6.31. The van der Waals surface area contributed by atoms with Crippen molar-refractivity contribution in [3.63, 3.8) is 0 Å². The molecule has 180 valence electrons. The summed E-state index contributed by atoms with van der Waals surface area (Å²) in [6.45, 7) is 14.0. The number of hydrogen-bond acceptors (Lipinski definition) is 0. The molecule has 0 radical (unpaired) electrons. The van der Waals surface area contributed by atoms with Gasteiger partial charge in [-0.2, -0.15) is 0 Å². The van der Waals surface area contributed by atoms with Crippen LogP contribution < -0.4 is 0 Å². The average molecular weight is 413 g/mol. The Hall–Kier alpha value is 0. The third kappa shape index (κ3) is 21.0. The molecule has 0 aromatic rings. The second-order valence-electron chi connectivity index (χ2n) is 11.0. The van der Waals surface area contributed by atoms with Crippen LogP contribution in [-0.4, -0.2) is 0 Å². The van der Waals surface area contributed by atoms with Gasteiger partial charge in [-0.15, -0.1) is 0 Å². The summed E-state index contributed by atoms with van der Waals surface area (Å²) in [5.41, 5.74) is 0. The zero-order chi connectivity index (χ0) is 19.4. The van der Waals surface area contributed by atoms with Crippen LogP contribution in [0.1, 0.15) is 154 Å². The van der Waals surface area contributed by atoms with Crippen molar-refractivity contribution in [1.29, 1.82) is 0 Å². The van der Waals surface area contributed by atoms with E-state index in [0.29, 0.717) is 0 Å². The maximum Gasteiger partial charge on any atom is -0.0412 e. The fourth-order valence-electron chi connectivity index (χ4n) is 5.02. The van der Waals surface area contributed by atoms with E-state index in [1.54, 1.807) is 0 Å². The highest BCUT2D eigenvalue weighted by Gasteiger charge is 2.21. The molecule has 3 aliphatic carbocycles. The van der Waals surface area contributed by atoms with Gasteiger partial charge >= 0.3 is 0 Å². The lowest BCUT2D eigenvalue weighted by Crippen LogP contribution is -2.08. The Kier molecular flexibility index (Phi) is 23.1. The summed E-state index contributed by atoms with van der Waals surface area (Å²) in [5, 5.41) is 0. The predicted molar refractivity (Wildman–Crippen MR) is 140 cm³/mol. The monoisotopic (exact) mass is 413 g/mol. The fraction of sp³-hybridized carbons (Fsp3) is 1.00. The van der Waals surface area contributed by atoms with Crippen molar-refractivity contribution in [2.45, 2.75) is 154 Å². The van der Waals surface area contributed by atoms with Crippen LogP contribution in [0, 0.1) is 35.5 Å². The molecule has 3 fully saturated rings. The van der Waals surface area contributed by atoms with Gasteiger partial charge in [-0.05, 0) is 54.8 Å². The van der Waals surface area contributed by atoms with Gasteiger partial charge in [0, 0.05) is 0 Å². The maximum absolute atomic E-state index is 2.34. The van der Waals surface area contributed by atoms with Crippen molar-refractivity contribution in [3.05, 3.63) is 0 Å². The topological polar surface area (TPSA) is 0 Å². The van der Waals surface area contributed by atoms with E-state index in [9.17, 15) is 0 Å². The molecule has 0 amide bonds. The second kappa shape index (κ2) is 19.9. The molecule has 0 N–H and O–H groups in total. The van der Waals surface area contributed by atoms with Crippen molar-refractivity contribution in [1.82, 2.24) is 0 Å². The molecule has 0 atom stereocenters. The van der Waals surface area contributed by atoms with Gasteiger partial charge < -0.3 is 0 Å². The van der Waals surface area contributed by atoms with Gasteiger partial charge in [0.25, 0.3) is 0 Å².